The van der Waals surface area contributed by atoms with Crippen molar-refractivity contribution in [1.29, 1.82) is 0 Å². The number of carbonyl (C=O) groups is 1. The summed E-state index contributed by atoms with van der Waals surface area (Å²) in [7, 11) is 0. The van der Waals surface area contributed by atoms with Crippen molar-refractivity contribution in [2.75, 3.05) is 6.61 Å². The van der Waals surface area contributed by atoms with Crippen LogP contribution in [0.1, 0.15) is 63.6 Å². The molecule has 3 unspecified atom stereocenters. The van der Waals surface area contributed by atoms with E-state index in [9.17, 15) is 4.79 Å². The SMILES string of the molecule is CCCC(C(=O)OCC)c1nc(C2CC2C)no1. The smallest absolute Gasteiger partial charge is 0.318 e. The lowest BCUT2D eigenvalue weighted by Crippen LogP contribution is -2.16. The normalized spacial score (nSPS) is 23.7. The van der Waals surface area contributed by atoms with Gasteiger partial charge in [-0.15, -0.1) is 0 Å². The Bertz CT molecular complexity index is 416. The molecule has 0 radical (unpaired) electrons. The van der Waals surface area contributed by atoms with Gasteiger partial charge in [-0.25, -0.2) is 0 Å². The van der Waals surface area contributed by atoms with E-state index in [0.29, 0.717) is 30.8 Å². The number of carbonyl (C=O) groups excluding carboxylic acids is 1. The molecule has 100 valence electrons. The molecule has 0 saturated heterocycles. The van der Waals surface area contributed by atoms with Crippen molar-refractivity contribution in [2.24, 2.45) is 5.92 Å². The summed E-state index contributed by atoms with van der Waals surface area (Å²) >= 11 is 0. The summed E-state index contributed by atoms with van der Waals surface area (Å²) in [6, 6.07) is 0. The van der Waals surface area contributed by atoms with Gasteiger partial charge in [0.1, 0.15) is 5.92 Å². The standard InChI is InChI=1S/C13H20N2O3/c1-4-6-9(13(16)17-5-2)12-14-11(15-18-12)10-7-8(10)3/h8-10H,4-7H2,1-3H3. The molecule has 0 spiro atoms. The summed E-state index contributed by atoms with van der Waals surface area (Å²) in [4.78, 5) is 16.2. The zero-order chi connectivity index (χ0) is 13.1. The molecular formula is C13H20N2O3. The fourth-order valence-corrected chi connectivity index (χ4v) is 2.09. The second-order valence-corrected chi connectivity index (χ2v) is 4.90. The topological polar surface area (TPSA) is 65.2 Å². The lowest BCUT2D eigenvalue weighted by Gasteiger charge is -2.09. The van der Waals surface area contributed by atoms with Gasteiger partial charge in [0, 0.05) is 5.92 Å². The summed E-state index contributed by atoms with van der Waals surface area (Å²) in [6.07, 6.45) is 2.67. The van der Waals surface area contributed by atoms with Crippen LogP contribution in [0.3, 0.4) is 0 Å². The van der Waals surface area contributed by atoms with E-state index in [4.69, 9.17) is 9.26 Å². The maximum atomic E-state index is 11.8. The van der Waals surface area contributed by atoms with Crippen LogP contribution in [0.2, 0.25) is 0 Å². The van der Waals surface area contributed by atoms with Crippen LogP contribution in [0, 0.1) is 5.92 Å². The molecule has 3 atom stereocenters. The van der Waals surface area contributed by atoms with Crippen LogP contribution in [0.5, 0.6) is 0 Å². The molecule has 5 nitrogen and oxygen atoms in total. The number of aromatic nitrogens is 2. The summed E-state index contributed by atoms with van der Waals surface area (Å²) in [5.74, 6) is 1.51. The van der Waals surface area contributed by atoms with Crippen molar-refractivity contribution in [1.82, 2.24) is 10.1 Å². The highest BCUT2D eigenvalue weighted by Gasteiger charge is 2.39. The Kier molecular flexibility index (Phi) is 3.99. The highest BCUT2D eigenvalue weighted by Crippen LogP contribution is 2.45. The largest absolute Gasteiger partial charge is 0.465 e. The van der Waals surface area contributed by atoms with Crippen molar-refractivity contribution in [3.05, 3.63) is 11.7 Å². The monoisotopic (exact) mass is 252 g/mol. The third-order valence-electron chi connectivity index (χ3n) is 3.35. The van der Waals surface area contributed by atoms with E-state index >= 15 is 0 Å². The first-order valence-electron chi connectivity index (χ1n) is 6.67. The zero-order valence-corrected chi connectivity index (χ0v) is 11.2. The minimum atomic E-state index is -0.412. The highest BCUT2D eigenvalue weighted by molar-refractivity contribution is 5.76. The number of rotatable bonds is 6. The van der Waals surface area contributed by atoms with E-state index in [1.54, 1.807) is 6.92 Å². The minimum Gasteiger partial charge on any atom is -0.465 e. The predicted octanol–water partition coefficient (Wildman–Crippen LogP) is 2.64. The van der Waals surface area contributed by atoms with Crippen LogP contribution < -0.4 is 0 Å². The van der Waals surface area contributed by atoms with Gasteiger partial charge in [-0.3, -0.25) is 4.79 Å². The molecule has 0 amide bonds. The molecule has 18 heavy (non-hydrogen) atoms. The molecule has 0 bridgehead atoms. The molecule has 1 aromatic heterocycles. The van der Waals surface area contributed by atoms with Gasteiger partial charge in [0.05, 0.1) is 6.61 Å². The van der Waals surface area contributed by atoms with Crippen LogP contribution >= 0.6 is 0 Å². The molecular weight excluding hydrogens is 232 g/mol. The third-order valence-corrected chi connectivity index (χ3v) is 3.35. The Balaban J connectivity index is 2.09. The van der Waals surface area contributed by atoms with E-state index < -0.39 is 5.92 Å². The lowest BCUT2D eigenvalue weighted by molar-refractivity contribution is -0.145. The van der Waals surface area contributed by atoms with Crippen molar-refractivity contribution in [3.8, 4) is 0 Å². The Morgan fingerprint density at radius 3 is 2.83 bits per heavy atom. The molecule has 0 aliphatic heterocycles. The first-order valence-corrected chi connectivity index (χ1v) is 6.67. The molecule has 1 heterocycles. The van der Waals surface area contributed by atoms with Crippen molar-refractivity contribution in [3.63, 3.8) is 0 Å². The summed E-state index contributed by atoms with van der Waals surface area (Å²) in [5.41, 5.74) is 0. The summed E-state index contributed by atoms with van der Waals surface area (Å²) < 4.78 is 10.3. The number of hydrogen-bond acceptors (Lipinski definition) is 5. The van der Waals surface area contributed by atoms with Gasteiger partial charge in [0.2, 0.25) is 5.89 Å². The molecule has 1 aromatic rings. The molecule has 1 aliphatic rings. The Morgan fingerprint density at radius 2 is 2.28 bits per heavy atom. The Hall–Kier alpha value is -1.39. The molecule has 1 aliphatic carbocycles. The molecule has 2 rings (SSSR count). The van der Waals surface area contributed by atoms with Gasteiger partial charge in [0.15, 0.2) is 5.82 Å². The molecule has 1 fully saturated rings. The number of hydrogen-bond donors (Lipinski definition) is 0. The van der Waals surface area contributed by atoms with Gasteiger partial charge in [0.25, 0.3) is 0 Å². The third kappa shape index (κ3) is 2.71. The predicted molar refractivity (Wildman–Crippen MR) is 65.1 cm³/mol. The number of esters is 1. The average Bonchev–Trinajstić information content (AvgIpc) is 2.90. The molecule has 1 saturated carbocycles. The average molecular weight is 252 g/mol. The Morgan fingerprint density at radius 1 is 1.56 bits per heavy atom. The van der Waals surface area contributed by atoms with Gasteiger partial charge < -0.3 is 9.26 Å². The van der Waals surface area contributed by atoms with Crippen molar-refractivity contribution >= 4 is 5.97 Å². The second kappa shape index (κ2) is 5.50. The zero-order valence-electron chi connectivity index (χ0n) is 11.2. The first kappa shape index (κ1) is 13.1. The van der Waals surface area contributed by atoms with E-state index in [2.05, 4.69) is 17.1 Å². The molecule has 5 heteroatoms. The number of nitrogens with zero attached hydrogens (tertiary/aromatic N) is 2. The van der Waals surface area contributed by atoms with Crippen LogP contribution in [-0.4, -0.2) is 22.7 Å². The van der Waals surface area contributed by atoms with E-state index in [1.165, 1.54) is 0 Å². The quantitative estimate of drug-likeness (QED) is 0.728. The Labute approximate surface area is 107 Å². The van der Waals surface area contributed by atoms with Gasteiger partial charge in [-0.2, -0.15) is 4.98 Å². The first-order chi connectivity index (χ1) is 8.67. The fourth-order valence-electron chi connectivity index (χ4n) is 2.09. The van der Waals surface area contributed by atoms with Crippen molar-refractivity contribution < 1.29 is 14.1 Å². The second-order valence-electron chi connectivity index (χ2n) is 4.90. The summed E-state index contributed by atoms with van der Waals surface area (Å²) in [6.45, 7) is 6.35. The maximum Gasteiger partial charge on any atom is 0.318 e. The maximum absolute atomic E-state index is 11.8. The lowest BCUT2D eigenvalue weighted by atomic mass is 10.0. The van der Waals surface area contributed by atoms with Gasteiger partial charge >= 0.3 is 5.97 Å². The van der Waals surface area contributed by atoms with Crippen LogP contribution in [0.4, 0.5) is 0 Å². The van der Waals surface area contributed by atoms with Crippen molar-refractivity contribution in [2.45, 2.75) is 51.9 Å². The number of ether oxygens (including phenoxy) is 1. The molecule has 0 N–H and O–H groups in total. The van der Waals surface area contributed by atoms with E-state index in [0.717, 1.165) is 18.7 Å². The molecule has 0 aromatic carbocycles. The van der Waals surface area contributed by atoms with Crippen LogP contribution in [0.15, 0.2) is 4.52 Å². The van der Waals surface area contributed by atoms with E-state index in [1.807, 2.05) is 6.92 Å². The fraction of sp³-hybridized carbons (Fsp3) is 0.769. The van der Waals surface area contributed by atoms with Crippen LogP contribution in [-0.2, 0) is 9.53 Å². The highest BCUT2D eigenvalue weighted by atomic mass is 16.5. The van der Waals surface area contributed by atoms with Gasteiger partial charge in [-0.1, -0.05) is 25.4 Å². The summed E-state index contributed by atoms with van der Waals surface area (Å²) in [5, 5.41) is 3.98. The van der Waals surface area contributed by atoms with Crippen LogP contribution in [0.25, 0.3) is 0 Å². The van der Waals surface area contributed by atoms with Gasteiger partial charge in [-0.05, 0) is 25.7 Å². The minimum absolute atomic E-state index is 0.265. The van der Waals surface area contributed by atoms with E-state index in [-0.39, 0.29) is 5.97 Å².